The first kappa shape index (κ1) is 15.0. The summed E-state index contributed by atoms with van der Waals surface area (Å²) in [4.78, 5) is 9.21. The van der Waals surface area contributed by atoms with E-state index < -0.39 is 0 Å². The number of nitrogens with one attached hydrogen (secondary N) is 1. The zero-order valence-electron chi connectivity index (χ0n) is 12.3. The van der Waals surface area contributed by atoms with Crippen molar-refractivity contribution in [3.8, 4) is 0 Å². The lowest BCUT2D eigenvalue weighted by molar-refractivity contribution is 0.167. The van der Waals surface area contributed by atoms with Crippen LogP contribution in [0.4, 0.5) is 5.82 Å². The Morgan fingerprint density at radius 3 is 2.37 bits per heavy atom. The van der Waals surface area contributed by atoms with Gasteiger partial charge in [0.15, 0.2) is 0 Å². The minimum Gasteiger partial charge on any atom is -0.372 e. The molecule has 1 N–H and O–H groups in total. The number of hydrogen-bond donors (Lipinski definition) is 1. The molecule has 4 heteroatoms. The monoisotopic (exact) mass is 373 g/mol. The maximum absolute atomic E-state index is 4.67. The molecule has 1 fully saturated rings. The molecule has 2 rings (SSSR count). The zero-order chi connectivity index (χ0) is 14.0. The molecule has 3 nitrogen and oxygen atoms in total. The van der Waals surface area contributed by atoms with E-state index in [9.17, 15) is 0 Å². The van der Waals surface area contributed by atoms with E-state index >= 15 is 0 Å². The second-order valence-electron chi connectivity index (χ2n) is 6.59. The molecule has 0 radical (unpaired) electrons. The fraction of sp³-hybridized carbons (Fsp3) is 0.733. The number of aromatic nitrogens is 2. The van der Waals surface area contributed by atoms with Gasteiger partial charge < -0.3 is 5.32 Å². The molecule has 0 aliphatic heterocycles. The normalized spacial score (nSPS) is 24.3. The molecule has 1 heterocycles. The SMILES string of the molecule is CNc1nc(C2CCC(C(C)(C)C)CC2)ncc1I. The van der Waals surface area contributed by atoms with Gasteiger partial charge in [0.05, 0.1) is 3.57 Å². The van der Waals surface area contributed by atoms with Crippen LogP contribution in [0, 0.1) is 14.9 Å². The van der Waals surface area contributed by atoms with E-state index in [1.807, 2.05) is 13.2 Å². The molecule has 0 amide bonds. The van der Waals surface area contributed by atoms with E-state index in [4.69, 9.17) is 0 Å². The molecule has 0 unspecified atom stereocenters. The first-order valence-electron chi connectivity index (χ1n) is 7.12. The van der Waals surface area contributed by atoms with Crippen molar-refractivity contribution in [1.29, 1.82) is 0 Å². The molecule has 0 bridgehead atoms. The zero-order valence-corrected chi connectivity index (χ0v) is 14.5. The Labute approximate surface area is 130 Å². The molecule has 106 valence electrons. The van der Waals surface area contributed by atoms with Gasteiger partial charge >= 0.3 is 0 Å². The van der Waals surface area contributed by atoms with Gasteiger partial charge in [0.1, 0.15) is 11.6 Å². The molecule has 1 aliphatic carbocycles. The largest absolute Gasteiger partial charge is 0.372 e. The van der Waals surface area contributed by atoms with Crippen LogP contribution in [0.3, 0.4) is 0 Å². The number of halogens is 1. The Bertz CT molecular complexity index is 432. The maximum Gasteiger partial charge on any atom is 0.142 e. The highest BCUT2D eigenvalue weighted by molar-refractivity contribution is 14.1. The molecule has 0 saturated heterocycles. The van der Waals surface area contributed by atoms with Gasteiger partial charge in [-0.2, -0.15) is 0 Å². The van der Waals surface area contributed by atoms with Gasteiger partial charge in [0.2, 0.25) is 0 Å². The second-order valence-corrected chi connectivity index (χ2v) is 7.75. The number of rotatable bonds is 2. The highest BCUT2D eigenvalue weighted by Gasteiger charge is 2.31. The Morgan fingerprint density at radius 1 is 1.21 bits per heavy atom. The van der Waals surface area contributed by atoms with Crippen molar-refractivity contribution in [2.45, 2.75) is 52.4 Å². The fourth-order valence-electron chi connectivity index (χ4n) is 2.97. The van der Waals surface area contributed by atoms with E-state index in [2.05, 4.69) is 58.6 Å². The third-order valence-electron chi connectivity index (χ3n) is 4.32. The predicted octanol–water partition coefficient (Wildman–Crippen LogP) is 4.44. The van der Waals surface area contributed by atoms with Crippen molar-refractivity contribution in [3.05, 3.63) is 15.6 Å². The summed E-state index contributed by atoms with van der Waals surface area (Å²) in [6, 6.07) is 0. The lowest BCUT2D eigenvalue weighted by Gasteiger charge is -2.36. The van der Waals surface area contributed by atoms with Crippen LogP contribution in [0.2, 0.25) is 0 Å². The molecule has 1 aromatic rings. The Hall–Kier alpha value is -0.390. The summed E-state index contributed by atoms with van der Waals surface area (Å²) in [5, 5.41) is 3.15. The molecule has 1 saturated carbocycles. The van der Waals surface area contributed by atoms with Gasteiger partial charge in [-0.3, -0.25) is 0 Å². The first-order valence-corrected chi connectivity index (χ1v) is 8.20. The van der Waals surface area contributed by atoms with E-state index in [0.29, 0.717) is 11.3 Å². The average Bonchev–Trinajstić information content (AvgIpc) is 2.38. The van der Waals surface area contributed by atoms with Crippen molar-refractivity contribution in [2.24, 2.45) is 11.3 Å². The summed E-state index contributed by atoms with van der Waals surface area (Å²) in [6.07, 6.45) is 7.00. The van der Waals surface area contributed by atoms with Crippen LogP contribution in [0.1, 0.15) is 58.2 Å². The van der Waals surface area contributed by atoms with Gasteiger partial charge in [0, 0.05) is 19.2 Å². The fourth-order valence-corrected chi connectivity index (χ4v) is 3.50. The third kappa shape index (κ3) is 3.58. The predicted molar refractivity (Wildman–Crippen MR) is 88.4 cm³/mol. The Morgan fingerprint density at radius 2 is 1.84 bits per heavy atom. The van der Waals surface area contributed by atoms with Crippen LogP contribution in [0.15, 0.2) is 6.20 Å². The molecular formula is C15H24IN3. The van der Waals surface area contributed by atoms with E-state index in [1.54, 1.807) is 0 Å². The lowest BCUT2D eigenvalue weighted by Crippen LogP contribution is -2.25. The number of nitrogens with zero attached hydrogens (tertiary/aromatic N) is 2. The summed E-state index contributed by atoms with van der Waals surface area (Å²) in [5.41, 5.74) is 0.439. The summed E-state index contributed by atoms with van der Waals surface area (Å²) >= 11 is 2.27. The first-order chi connectivity index (χ1) is 8.91. The second kappa shape index (κ2) is 5.94. The van der Waals surface area contributed by atoms with Crippen LogP contribution < -0.4 is 5.32 Å². The number of hydrogen-bond acceptors (Lipinski definition) is 3. The summed E-state index contributed by atoms with van der Waals surface area (Å²) < 4.78 is 1.09. The molecule has 1 aliphatic rings. The van der Waals surface area contributed by atoms with Crippen LogP contribution in [-0.4, -0.2) is 17.0 Å². The van der Waals surface area contributed by atoms with E-state index in [1.165, 1.54) is 25.7 Å². The van der Waals surface area contributed by atoms with Crippen LogP contribution in [0.5, 0.6) is 0 Å². The van der Waals surface area contributed by atoms with E-state index in [0.717, 1.165) is 21.1 Å². The van der Waals surface area contributed by atoms with Gasteiger partial charge in [-0.1, -0.05) is 20.8 Å². The van der Waals surface area contributed by atoms with Crippen molar-refractivity contribution < 1.29 is 0 Å². The summed E-state index contributed by atoms with van der Waals surface area (Å²) in [5.74, 6) is 3.37. The van der Waals surface area contributed by atoms with Crippen LogP contribution >= 0.6 is 22.6 Å². The topological polar surface area (TPSA) is 37.8 Å². The highest BCUT2D eigenvalue weighted by atomic mass is 127. The Kier molecular flexibility index (Phi) is 4.69. The van der Waals surface area contributed by atoms with Crippen molar-refractivity contribution in [1.82, 2.24) is 9.97 Å². The molecule has 19 heavy (non-hydrogen) atoms. The van der Waals surface area contributed by atoms with Crippen LogP contribution in [-0.2, 0) is 0 Å². The van der Waals surface area contributed by atoms with Gasteiger partial charge in [-0.25, -0.2) is 9.97 Å². The van der Waals surface area contributed by atoms with Crippen molar-refractivity contribution in [2.75, 3.05) is 12.4 Å². The van der Waals surface area contributed by atoms with Crippen molar-refractivity contribution >= 4 is 28.4 Å². The molecule has 0 spiro atoms. The van der Waals surface area contributed by atoms with Crippen molar-refractivity contribution in [3.63, 3.8) is 0 Å². The molecular weight excluding hydrogens is 349 g/mol. The number of anilines is 1. The molecule has 0 atom stereocenters. The molecule has 1 aromatic heterocycles. The van der Waals surface area contributed by atoms with Gasteiger partial charge in [-0.15, -0.1) is 0 Å². The Balaban J connectivity index is 2.05. The minimum absolute atomic E-state index is 0.439. The molecule has 0 aromatic carbocycles. The van der Waals surface area contributed by atoms with Crippen LogP contribution in [0.25, 0.3) is 0 Å². The maximum atomic E-state index is 4.67. The summed E-state index contributed by atoms with van der Waals surface area (Å²) in [7, 11) is 1.92. The standard InChI is InChI=1S/C15H24IN3/c1-15(2,3)11-7-5-10(6-8-11)13-18-9-12(16)14(17-4)19-13/h9-11H,5-8H2,1-4H3,(H,17,18,19). The highest BCUT2D eigenvalue weighted by Crippen LogP contribution is 2.42. The van der Waals surface area contributed by atoms with Gasteiger partial charge in [-0.05, 0) is 59.6 Å². The average molecular weight is 373 g/mol. The smallest absolute Gasteiger partial charge is 0.142 e. The lowest BCUT2D eigenvalue weighted by atomic mass is 9.70. The third-order valence-corrected chi connectivity index (χ3v) is 5.11. The summed E-state index contributed by atoms with van der Waals surface area (Å²) in [6.45, 7) is 7.08. The van der Waals surface area contributed by atoms with E-state index in [-0.39, 0.29) is 0 Å². The van der Waals surface area contributed by atoms with Gasteiger partial charge in [0.25, 0.3) is 0 Å². The quantitative estimate of drug-likeness (QED) is 0.779. The minimum atomic E-state index is 0.439.